The van der Waals surface area contributed by atoms with Crippen LogP contribution in [0.5, 0.6) is 5.75 Å². The van der Waals surface area contributed by atoms with Crippen molar-refractivity contribution in [1.29, 1.82) is 0 Å². The fourth-order valence-electron chi connectivity index (χ4n) is 5.85. The molecule has 0 aromatic heterocycles. The maximum absolute atomic E-state index is 13.6. The van der Waals surface area contributed by atoms with Gasteiger partial charge in [-0.25, -0.2) is 0 Å². The SMILES string of the molecule is CCOC(=O)C1(CCOC)CNC(=O)CCCN(C(=O)c2ccc(N3CCCC3=O)cc2)CCCNC(=O)COc2ccc(cc2)C1. The van der Waals surface area contributed by atoms with Gasteiger partial charge in [0.2, 0.25) is 11.8 Å². The summed E-state index contributed by atoms with van der Waals surface area (Å²) in [5, 5.41) is 5.78. The van der Waals surface area contributed by atoms with Crippen molar-refractivity contribution in [2.75, 3.05) is 64.6 Å². The van der Waals surface area contributed by atoms with E-state index in [-0.39, 0.29) is 56.4 Å². The van der Waals surface area contributed by atoms with Crippen molar-refractivity contribution in [2.45, 2.75) is 51.9 Å². The number of fused-ring (bicyclic) bond motifs is 17. The molecule has 3 aliphatic rings. The van der Waals surface area contributed by atoms with E-state index in [1.54, 1.807) is 60.2 Å². The Hall–Kier alpha value is -4.45. The Bertz CT molecular complexity index is 1380. The smallest absolute Gasteiger partial charge is 0.314 e. The Labute approximate surface area is 276 Å². The maximum atomic E-state index is 13.6. The summed E-state index contributed by atoms with van der Waals surface area (Å²) in [6.45, 7) is 3.80. The monoisotopic (exact) mass is 650 g/mol. The zero-order valence-electron chi connectivity index (χ0n) is 27.4. The van der Waals surface area contributed by atoms with E-state index in [1.165, 1.54) is 0 Å². The van der Waals surface area contributed by atoms with Gasteiger partial charge in [-0.05, 0) is 81.0 Å². The molecule has 1 saturated heterocycles. The van der Waals surface area contributed by atoms with Crippen LogP contribution in [0.25, 0.3) is 0 Å². The lowest BCUT2D eigenvalue weighted by molar-refractivity contribution is -0.156. The van der Waals surface area contributed by atoms with E-state index in [1.807, 2.05) is 12.1 Å². The fraction of sp³-hybridized carbons (Fsp3) is 0.514. The van der Waals surface area contributed by atoms with Crippen LogP contribution in [0, 0.1) is 5.41 Å². The highest BCUT2D eigenvalue weighted by molar-refractivity contribution is 5.97. The van der Waals surface area contributed by atoms with Crippen molar-refractivity contribution in [3.8, 4) is 5.75 Å². The van der Waals surface area contributed by atoms with Crippen LogP contribution in [-0.4, -0.2) is 94.2 Å². The Morgan fingerprint density at radius 3 is 2.30 bits per heavy atom. The van der Waals surface area contributed by atoms with Gasteiger partial charge in [-0.1, -0.05) is 12.1 Å². The first-order valence-corrected chi connectivity index (χ1v) is 16.4. The van der Waals surface area contributed by atoms with Crippen LogP contribution in [0.3, 0.4) is 0 Å². The molecule has 0 spiro atoms. The van der Waals surface area contributed by atoms with Crippen LogP contribution in [-0.2, 0) is 35.1 Å². The number of methoxy groups -OCH3 is 1. The summed E-state index contributed by atoms with van der Waals surface area (Å²) in [4.78, 5) is 68.1. The second-order valence-electron chi connectivity index (χ2n) is 11.9. The van der Waals surface area contributed by atoms with Gasteiger partial charge in [0.25, 0.3) is 11.8 Å². The van der Waals surface area contributed by atoms with Gasteiger partial charge in [-0.2, -0.15) is 0 Å². The van der Waals surface area contributed by atoms with Gasteiger partial charge in [0.1, 0.15) is 5.75 Å². The predicted molar refractivity (Wildman–Crippen MR) is 175 cm³/mol. The molecule has 0 radical (unpaired) electrons. The molecular formula is C35H46N4O8. The van der Waals surface area contributed by atoms with Crippen molar-refractivity contribution < 1.29 is 38.2 Å². The van der Waals surface area contributed by atoms with Crippen molar-refractivity contribution >= 4 is 35.3 Å². The van der Waals surface area contributed by atoms with E-state index in [2.05, 4.69) is 10.6 Å². The molecule has 12 heteroatoms. The molecule has 1 fully saturated rings. The van der Waals surface area contributed by atoms with E-state index >= 15 is 0 Å². The fourth-order valence-corrected chi connectivity index (χ4v) is 5.85. The summed E-state index contributed by atoms with van der Waals surface area (Å²) in [6, 6.07) is 14.1. The van der Waals surface area contributed by atoms with Crippen molar-refractivity contribution in [3.63, 3.8) is 0 Å². The van der Waals surface area contributed by atoms with Crippen molar-refractivity contribution in [3.05, 3.63) is 59.7 Å². The standard InChI is InChI=1S/C35H46N4O8/c1-3-46-34(44)35(17-22-45-2)23-26-9-15-29(16-10-26)47-24-31(41)36-18-6-20-38(19-4-7-30(40)37-25-35)33(43)27-11-13-28(14-12-27)39-21-5-8-32(39)42/h9-16H,3-8,17-25H2,1-2H3,(H,36,41)(H,37,40). The van der Waals surface area contributed by atoms with Gasteiger partial charge in [-0.3, -0.25) is 24.0 Å². The van der Waals surface area contributed by atoms with E-state index < -0.39 is 11.4 Å². The first-order chi connectivity index (χ1) is 22.7. The third-order valence-electron chi connectivity index (χ3n) is 8.50. The molecular weight excluding hydrogens is 604 g/mol. The van der Waals surface area contributed by atoms with Crippen LogP contribution in [0.2, 0.25) is 0 Å². The summed E-state index contributed by atoms with van der Waals surface area (Å²) >= 11 is 0. The van der Waals surface area contributed by atoms with E-state index in [4.69, 9.17) is 14.2 Å². The van der Waals surface area contributed by atoms with Gasteiger partial charge < -0.3 is 34.6 Å². The van der Waals surface area contributed by atoms with Crippen LogP contribution in [0.1, 0.15) is 61.4 Å². The summed E-state index contributed by atoms with van der Waals surface area (Å²) in [7, 11) is 1.56. The van der Waals surface area contributed by atoms with E-state index in [9.17, 15) is 24.0 Å². The van der Waals surface area contributed by atoms with Gasteiger partial charge in [0, 0.05) is 70.5 Å². The summed E-state index contributed by atoms with van der Waals surface area (Å²) in [5.41, 5.74) is 0.999. The highest BCUT2D eigenvalue weighted by Gasteiger charge is 2.40. The Morgan fingerprint density at radius 1 is 0.894 bits per heavy atom. The zero-order chi connectivity index (χ0) is 33.6. The number of nitrogens with zero attached hydrogens (tertiary/aromatic N) is 2. The zero-order valence-corrected chi connectivity index (χ0v) is 27.4. The van der Waals surface area contributed by atoms with Gasteiger partial charge in [0.15, 0.2) is 6.61 Å². The number of nitrogens with one attached hydrogen (secondary N) is 2. The molecule has 12 nitrogen and oxygen atoms in total. The second-order valence-corrected chi connectivity index (χ2v) is 11.9. The Morgan fingerprint density at radius 2 is 1.62 bits per heavy atom. The third-order valence-corrected chi connectivity index (χ3v) is 8.50. The minimum atomic E-state index is -1.07. The number of hydrogen-bond acceptors (Lipinski definition) is 8. The molecule has 1 atom stereocenters. The number of ether oxygens (including phenoxy) is 3. The lowest BCUT2D eigenvalue weighted by Crippen LogP contribution is -2.46. The highest BCUT2D eigenvalue weighted by atomic mass is 16.5. The number of amides is 4. The topological polar surface area (TPSA) is 144 Å². The average Bonchev–Trinajstić information content (AvgIpc) is 3.51. The summed E-state index contributed by atoms with van der Waals surface area (Å²) in [6.07, 6.45) is 3.00. The number of benzene rings is 2. The van der Waals surface area contributed by atoms with E-state index in [0.717, 1.165) is 17.7 Å². The summed E-state index contributed by atoms with van der Waals surface area (Å²) < 4.78 is 16.5. The first-order valence-electron chi connectivity index (χ1n) is 16.4. The Balaban J connectivity index is 1.50. The number of carbonyl (C=O) groups is 5. The molecule has 47 heavy (non-hydrogen) atoms. The molecule has 0 saturated carbocycles. The molecule has 5 rings (SSSR count). The van der Waals surface area contributed by atoms with Gasteiger partial charge >= 0.3 is 5.97 Å². The van der Waals surface area contributed by atoms with Gasteiger partial charge in [-0.15, -0.1) is 0 Å². The van der Waals surface area contributed by atoms with Crippen LogP contribution in [0.4, 0.5) is 5.69 Å². The molecule has 0 aliphatic carbocycles. The predicted octanol–water partition coefficient (Wildman–Crippen LogP) is 2.88. The molecule has 3 heterocycles. The molecule has 2 N–H and O–H groups in total. The van der Waals surface area contributed by atoms with Crippen LogP contribution in [0.15, 0.2) is 48.5 Å². The second kappa shape index (κ2) is 17.5. The molecule has 3 aliphatic heterocycles. The minimum Gasteiger partial charge on any atom is -0.484 e. The molecule has 2 bridgehead atoms. The normalized spacial score (nSPS) is 20.3. The number of carbonyl (C=O) groups excluding carboxylic acids is 5. The van der Waals surface area contributed by atoms with Crippen LogP contribution < -0.4 is 20.3 Å². The molecule has 1 unspecified atom stereocenters. The first kappa shape index (κ1) is 35.4. The largest absolute Gasteiger partial charge is 0.484 e. The number of hydrogen-bond donors (Lipinski definition) is 2. The van der Waals surface area contributed by atoms with Crippen molar-refractivity contribution in [2.24, 2.45) is 5.41 Å². The molecule has 4 amide bonds. The lowest BCUT2D eigenvalue weighted by Gasteiger charge is -2.32. The molecule has 2 aromatic rings. The average molecular weight is 651 g/mol. The van der Waals surface area contributed by atoms with Gasteiger partial charge in [0.05, 0.1) is 12.0 Å². The van der Waals surface area contributed by atoms with Crippen molar-refractivity contribution in [1.82, 2.24) is 15.5 Å². The van der Waals surface area contributed by atoms with E-state index in [0.29, 0.717) is 69.6 Å². The maximum Gasteiger partial charge on any atom is 0.314 e. The highest BCUT2D eigenvalue weighted by Crippen LogP contribution is 2.30. The number of rotatable bonds is 7. The Kier molecular flexibility index (Phi) is 13.2. The minimum absolute atomic E-state index is 0.0565. The van der Waals surface area contributed by atoms with Crippen LogP contribution >= 0.6 is 0 Å². The third kappa shape index (κ3) is 10.0. The quantitative estimate of drug-likeness (QED) is 0.436. The number of anilines is 1. The lowest BCUT2D eigenvalue weighted by atomic mass is 9.78. The summed E-state index contributed by atoms with van der Waals surface area (Å²) in [5.74, 6) is -0.579. The molecule has 254 valence electrons. The molecule has 2 aromatic carbocycles. The number of esters is 1.